The molecule has 0 unspecified atom stereocenters. The Morgan fingerprint density at radius 3 is 2.59 bits per heavy atom. The Morgan fingerprint density at radius 2 is 1.82 bits per heavy atom. The minimum absolute atomic E-state index is 0.0384. The summed E-state index contributed by atoms with van der Waals surface area (Å²) in [6.07, 6.45) is 4.14. The number of benzene rings is 1. The highest BCUT2D eigenvalue weighted by atomic mass is 32.2. The maximum absolute atomic E-state index is 13.0. The molecule has 3 heterocycles. The minimum atomic E-state index is -0.467. The number of hydrogen-bond donors (Lipinski definition) is 1. The Balaban J connectivity index is 1.43. The lowest BCUT2D eigenvalue weighted by Gasteiger charge is -2.19. The Kier molecular flexibility index (Phi) is 6.03. The lowest BCUT2D eigenvalue weighted by molar-refractivity contribution is -0.113. The molecule has 2 aromatic heterocycles. The summed E-state index contributed by atoms with van der Waals surface area (Å²) in [4.78, 5) is 47.5. The number of fused-ring (bicyclic) bond motifs is 2. The topological polar surface area (TPSA) is 117 Å². The number of anilines is 1. The molecule has 0 bridgehead atoms. The van der Waals surface area contributed by atoms with E-state index in [4.69, 9.17) is 14.5 Å². The van der Waals surface area contributed by atoms with Crippen LogP contribution in [-0.4, -0.2) is 44.0 Å². The van der Waals surface area contributed by atoms with Crippen LogP contribution in [0.1, 0.15) is 37.4 Å². The van der Waals surface area contributed by atoms with Crippen molar-refractivity contribution < 1.29 is 14.3 Å². The molecule has 11 heteroatoms. The van der Waals surface area contributed by atoms with Crippen molar-refractivity contribution in [1.29, 1.82) is 0 Å². The molecule has 1 amide bonds. The summed E-state index contributed by atoms with van der Waals surface area (Å²) in [7, 11) is 3.02. The number of carbonyl (C=O) groups excluding carboxylic acids is 1. The summed E-state index contributed by atoms with van der Waals surface area (Å²) in [5.41, 5.74) is -0.0150. The highest BCUT2D eigenvalue weighted by Gasteiger charge is 2.24. The van der Waals surface area contributed by atoms with Gasteiger partial charge in [-0.3, -0.25) is 18.7 Å². The first-order valence-electron chi connectivity index (χ1n) is 11.2. The van der Waals surface area contributed by atoms with Gasteiger partial charge in [0.05, 0.1) is 5.75 Å². The average Bonchev–Trinajstić information content (AvgIpc) is 3.39. The monoisotopic (exact) mass is 483 g/mol. The Hall–Kier alpha value is -3.34. The summed E-state index contributed by atoms with van der Waals surface area (Å²) in [6, 6.07) is 5.23. The number of amides is 1. The SMILES string of the molecule is Cn1c(=O)c2c(SCC(=O)Nc3ccc4c(c3)OCCO4)nc(C3CCCC3)nc2n(C)c1=O. The second-order valence-electron chi connectivity index (χ2n) is 8.47. The highest BCUT2D eigenvalue weighted by Crippen LogP contribution is 2.35. The number of aryl methyl sites for hydroxylation is 1. The molecule has 34 heavy (non-hydrogen) atoms. The first-order valence-corrected chi connectivity index (χ1v) is 12.2. The summed E-state index contributed by atoms with van der Waals surface area (Å²) < 4.78 is 13.5. The number of aromatic nitrogens is 4. The maximum atomic E-state index is 13.0. The van der Waals surface area contributed by atoms with Gasteiger partial charge in [-0.25, -0.2) is 14.8 Å². The van der Waals surface area contributed by atoms with Gasteiger partial charge in [0, 0.05) is 31.8 Å². The zero-order chi connectivity index (χ0) is 23.8. The van der Waals surface area contributed by atoms with E-state index in [1.165, 1.54) is 23.4 Å². The van der Waals surface area contributed by atoms with Gasteiger partial charge in [0.25, 0.3) is 5.56 Å². The molecule has 1 aromatic carbocycles. The number of nitrogens with zero attached hydrogens (tertiary/aromatic N) is 4. The third-order valence-corrected chi connectivity index (χ3v) is 7.15. The first-order chi connectivity index (χ1) is 16.4. The van der Waals surface area contributed by atoms with Gasteiger partial charge in [-0.2, -0.15) is 0 Å². The van der Waals surface area contributed by atoms with Crippen LogP contribution < -0.4 is 26.0 Å². The van der Waals surface area contributed by atoms with Crippen molar-refractivity contribution in [2.24, 2.45) is 14.1 Å². The smallest absolute Gasteiger partial charge is 0.332 e. The molecule has 1 saturated carbocycles. The minimum Gasteiger partial charge on any atom is -0.486 e. The molecule has 1 aliphatic carbocycles. The maximum Gasteiger partial charge on any atom is 0.332 e. The van der Waals surface area contributed by atoms with Gasteiger partial charge in [-0.05, 0) is 25.0 Å². The Bertz CT molecular complexity index is 1390. The van der Waals surface area contributed by atoms with E-state index in [-0.39, 0.29) is 23.0 Å². The van der Waals surface area contributed by atoms with E-state index in [0.717, 1.165) is 30.3 Å². The number of ether oxygens (including phenoxy) is 2. The van der Waals surface area contributed by atoms with E-state index in [1.807, 2.05) is 0 Å². The molecule has 0 atom stereocenters. The zero-order valence-corrected chi connectivity index (χ0v) is 19.8. The molecular formula is C23H25N5O5S. The van der Waals surface area contributed by atoms with Gasteiger partial charge in [0.1, 0.15) is 29.5 Å². The van der Waals surface area contributed by atoms with Crippen LogP contribution in [-0.2, 0) is 18.9 Å². The van der Waals surface area contributed by atoms with Gasteiger partial charge in [-0.15, -0.1) is 0 Å². The van der Waals surface area contributed by atoms with Crippen LogP contribution in [0.15, 0.2) is 32.8 Å². The van der Waals surface area contributed by atoms with Crippen LogP contribution in [0.2, 0.25) is 0 Å². The van der Waals surface area contributed by atoms with Crippen molar-refractivity contribution in [1.82, 2.24) is 19.1 Å². The Morgan fingerprint density at radius 1 is 1.09 bits per heavy atom. The summed E-state index contributed by atoms with van der Waals surface area (Å²) >= 11 is 1.17. The van der Waals surface area contributed by atoms with Crippen LogP contribution in [0.3, 0.4) is 0 Å². The summed E-state index contributed by atoms with van der Waals surface area (Å²) in [5.74, 6) is 1.84. The predicted octanol–water partition coefficient (Wildman–Crippen LogP) is 2.19. The third-order valence-electron chi connectivity index (χ3n) is 6.17. The molecule has 0 spiro atoms. The second-order valence-corrected chi connectivity index (χ2v) is 9.43. The number of thioether (sulfide) groups is 1. The second kappa shape index (κ2) is 9.13. The normalized spacial score (nSPS) is 15.6. The van der Waals surface area contributed by atoms with Crippen LogP contribution in [0.5, 0.6) is 11.5 Å². The van der Waals surface area contributed by atoms with Gasteiger partial charge < -0.3 is 14.8 Å². The number of carbonyl (C=O) groups is 1. The van der Waals surface area contributed by atoms with E-state index < -0.39 is 11.2 Å². The highest BCUT2D eigenvalue weighted by molar-refractivity contribution is 8.00. The van der Waals surface area contributed by atoms with E-state index in [0.29, 0.717) is 46.9 Å². The third kappa shape index (κ3) is 4.15. The van der Waals surface area contributed by atoms with Gasteiger partial charge in [-0.1, -0.05) is 24.6 Å². The number of nitrogens with one attached hydrogen (secondary N) is 1. The zero-order valence-electron chi connectivity index (χ0n) is 19.0. The fourth-order valence-electron chi connectivity index (χ4n) is 4.37. The lowest BCUT2D eigenvalue weighted by Crippen LogP contribution is -2.38. The van der Waals surface area contributed by atoms with Crippen LogP contribution in [0.4, 0.5) is 5.69 Å². The van der Waals surface area contributed by atoms with Crippen molar-refractivity contribution in [3.05, 3.63) is 44.9 Å². The van der Waals surface area contributed by atoms with Crippen LogP contribution >= 0.6 is 11.8 Å². The Labute approximate surface area is 199 Å². The van der Waals surface area contributed by atoms with E-state index >= 15 is 0 Å². The molecule has 1 aliphatic heterocycles. The molecule has 178 valence electrons. The van der Waals surface area contributed by atoms with Gasteiger partial charge in [0.15, 0.2) is 17.1 Å². The average molecular weight is 484 g/mol. The van der Waals surface area contributed by atoms with Crippen LogP contribution in [0, 0.1) is 0 Å². The molecular weight excluding hydrogens is 458 g/mol. The van der Waals surface area contributed by atoms with Crippen molar-refractivity contribution in [2.45, 2.75) is 36.6 Å². The lowest BCUT2D eigenvalue weighted by atomic mass is 10.1. The molecule has 1 fully saturated rings. The molecule has 1 N–H and O–H groups in total. The van der Waals surface area contributed by atoms with Crippen molar-refractivity contribution in [2.75, 3.05) is 24.3 Å². The largest absolute Gasteiger partial charge is 0.486 e. The van der Waals surface area contributed by atoms with E-state index in [1.54, 1.807) is 25.2 Å². The predicted molar refractivity (Wildman–Crippen MR) is 128 cm³/mol. The first kappa shape index (κ1) is 22.5. The fraction of sp³-hybridized carbons (Fsp3) is 0.435. The number of rotatable bonds is 5. The quantitative estimate of drug-likeness (QED) is 0.434. The van der Waals surface area contributed by atoms with Crippen molar-refractivity contribution in [3.63, 3.8) is 0 Å². The molecule has 0 radical (unpaired) electrons. The molecule has 2 aliphatic rings. The van der Waals surface area contributed by atoms with Gasteiger partial charge >= 0.3 is 5.69 Å². The summed E-state index contributed by atoms with van der Waals surface area (Å²) in [6.45, 7) is 0.956. The summed E-state index contributed by atoms with van der Waals surface area (Å²) in [5, 5.41) is 3.52. The van der Waals surface area contributed by atoms with E-state index in [9.17, 15) is 14.4 Å². The molecule has 10 nitrogen and oxygen atoms in total. The van der Waals surface area contributed by atoms with Gasteiger partial charge in [0.2, 0.25) is 5.91 Å². The van der Waals surface area contributed by atoms with E-state index in [2.05, 4.69) is 10.3 Å². The molecule has 3 aromatic rings. The number of hydrogen-bond acceptors (Lipinski definition) is 8. The van der Waals surface area contributed by atoms with Crippen molar-refractivity contribution >= 4 is 34.4 Å². The standard InChI is InChI=1S/C23H25N5O5S/c1-27-20-18(22(30)28(2)23(27)31)21(26-19(25-20)13-5-3-4-6-13)34-12-17(29)24-14-7-8-15-16(11-14)33-10-9-32-15/h7-8,11,13H,3-6,9-10,12H2,1-2H3,(H,24,29). The van der Waals surface area contributed by atoms with Crippen LogP contribution in [0.25, 0.3) is 11.0 Å². The van der Waals surface area contributed by atoms with Crippen molar-refractivity contribution in [3.8, 4) is 11.5 Å². The fourth-order valence-corrected chi connectivity index (χ4v) is 5.19. The molecule has 5 rings (SSSR count). The molecule has 0 saturated heterocycles.